The Kier molecular flexibility index (Phi) is 6.75. The Morgan fingerprint density at radius 2 is 1.82 bits per heavy atom. The highest BCUT2D eigenvalue weighted by Crippen LogP contribution is 2.26. The first-order valence-electron chi connectivity index (χ1n) is 10.6. The Labute approximate surface area is 190 Å². The zero-order valence-electron chi connectivity index (χ0n) is 17.9. The Bertz CT molecular complexity index is 1220. The maximum atomic E-state index is 13.0. The molecule has 0 radical (unpaired) electrons. The number of pyridine rings is 1. The molecule has 0 unspecified atom stereocenters. The van der Waals surface area contributed by atoms with E-state index in [0.29, 0.717) is 25.1 Å². The fourth-order valence-corrected chi connectivity index (χ4v) is 4.21. The van der Waals surface area contributed by atoms with Crippen molar-refractivity contribution < 1.29 is 19.8 Å². The zero-order valence-corrected chi connectivity index (χ0v) is 17.9. The van der Waals surface area contributed by atoms with Crippen molar-refractivity contribution in [3.05, 3.63) is 90.6 Å². The molecule has 0 aliphatic carbocycles. The van der Waals surface area contributed by atoms with E-state index in [4.69, 9.17) is 9.90 Å². The lowest BCUT2D eigenvalue weighted by molar-refractivity contribution is -0.122. The number of β-amino-alcohol motifs (C(OH)–C–C–N with tert-alkyl or cyclic N) is 1. The number of imidazole rings is 1. The topological polar surface area (TPSA) is 109 Å². The number of aliphatic hydroxyl groups excluding tert-OH is 1. The summed E-state index contributed by atoms with van der Waals surface area (Å²) in [5, 5.41) is 18.6. The van der Waals surface area contributed by atoms with Gasteiger partial charge in [-0.25, -0.2) is 4.98 Å². The number of carbonyl (C=O) groups is 2. The standard InChI is InChI=1S/C24H22N4O2.CH2O2/c29-23-15-28(24(30)17-5-7-20(8-6-17)27-12-11-25-16-27)14-19(23)13-18-9-10-26-22-4-2-1-3-21(18)22;2-1-3/h1-12,16,19,23,29H,13-15H2;1H,(H,2,3)/t19-,23+;/m1./s1. The zero-order chi connectivity index (χ0) is 23.2. The molecule has 0 saturated carbocycles. The number of para-hydroxylation sites is 1. The summed E-state index contributed by atoms with van der Waals surface area (Å²) in [7, 11) is 0. The van der Waals surface area contributed by atoms with Gasteiger partial charge in [0, 0.05) is 54.2 Å². The summed E-state index contributed by atoms with van der Waals surface area (Å²) in [6.45, 7) is 0.649. The molecule has 5 rings (SSSR count). The Balaban J connectivity index is 0.000000821. The molecule has 1 amide bonds. The van der Waals surface area contributed by atoms with Gasteiger partial charge >= 0.3 is 0 Å². The van der Waals surface area contributed by atoms with Crippen LogP contribution in [0.3, 0.4) is 0 Å². The molecular formula is C25H24N4O4. The second-order valence-corrected chi connectivity index (χ2v) is 7.85. The van der Waals surface area contributed by atoms with E-state index in [1.165, 1.54) is 0 Å². The van der Waals surface area contributed by atoms with Crippen LogP contribution in [-0.4, -0.2) is 61.2 Å². The average molecular weight is 444 g/mol. The van der Waals surface area contributed by atoms with Crippen LogP contribution in [0.5, 0.6) is 0 Å². The predicted molar refractivity (Wildman–Crippen MR) is 123 cm³/mol. The molecule has 3 heterocycles. The number of carbonyl (C=O) groups excluding carboxylic acids is 1. The molecule has 1 aliphatic rings. The second kappa shape index (κ2) is 10.1. The van der Waals surface area contributed by atoms with E-state index in [1.807, 2.05) is 65.5 Å². The van der Waals surface area contributed by atoms with Crippen molar-refractivity contribution in [2.24, 2.45) is 5.92 Å². The highest BCUT2D eigenvalue weighted by molar-refractivity contribution is 5.94. The van der Waals surface area contributed by atoms with E-state index in [-0.39, 0.29) is 18.3 Å². The van der Waals surface area contributed by atoms with Crippen molar-refractivity contribution in [3.63, 3.8) is 0 Å². The highest BCUT2D eigenvalue weighted by Gasteiger charge is 2.34. The van der Waals surface area contributed by atoms with Crippen LogP contribution < -0.4 is 0 Å². The molecule has 1 fully saturated rings. The number of hydrogen-bond acceptors (Lipinski definition) is 5. The predicted octanol–water partition coefficient (Wildman–Crippen LogP) is 2.80. The van der Waals surface area contributed by atoms with Gasteiger partial charge < -0.3 is 19.7 Å². The van der Waals surface area contributed by atoms with Crippen molar-refractivity contribution in [1.29, 1.82) is 0 Å². The van der Waals surface area contributed by atoms with Crippen LogP contribution in [-0.2, 0) is 11.2 Å². The molecule has 8 heteroatoms. The molecule has 2 atom stereocenters. The number of aliphatic hydroxyl groups is 1. The summed E-state index contributed by atoms with van der Waals surface area (Å²) in [6.07, 6.45) is 7.29. The summed E-state index contributed by atoms with van der Waals surface area (Å²) in [4.78, 5) is 31.6. The number of rotatable bonds is 4. The number of amides is 1. The number of likely N-dealkylation sites (tertiary alicyclic amines) is 1. The molecule has 1 saturated heterocycles. The van der Waals surface area contributed by atoms with Gasteiger partial charge in [-0.2, -0.15) is 0 Å². The molecule has 0 spiro atoms. The first kappa shape index (κ1) is 22.2. The van der Waals surface area contributed by atoms with Crippen LogP contribution in [0.1, 0.15) is 15.9 Å². The number of carboxylic acid groups (broad SMARTS) is 1. The van der Waals surface area contributed by atoms with Gasteiger partial charge in [0.05, 0.1) is 17.9 Å². The Hall–Kier alpha value is -4.04. The maximum Gasteiger partial charge on any atom is 0.290 e. The van der Waals surface area contributed by atoms with Crippen LogP contribution in [0.25, 0.3) is 16.6 Å². The smallest absolute Gasteiger partial charge is 0.290 e. The SMILES string of the molecule is O=C(c1ccc(-n2ccnc2)cc1)N1C[C@@H](Cc2ccnc3ccccc23)[C@@H](O)C1.O=CO. The molecule has 0 bridgehead atoms. The summed E-state index contributed by atoms with van der Waals surface area (Å²) < 4.78 is 1.89. The van der Waals surface area contributed by atoms with Crippen LogP contribution in [0.2, 0.25) is 0 Å². The lowest BCUT2D eigenvalue weighted by Crippen LogP contribution is -2.29. The lowest BCUT2D eigenvalue weighted by atomic mass is 9.94. The normalized spacial score (nSPS) is 17.4. The van der Waals surface area contributed by atoms with Crippen molar-refractivity contribution in [3.8, 4) is 5.69 Å². The summed E-state index contributed by atoms with van der Waals surface area (Å²) in [5.41, 5.74) is 3.69. The molecule has 2 N–H and O–H groups in total. The number of hydrogen-bond donors (Lipinski definition) is 2. The summed E-state index contributed by atoms with van der Waals surface area (Å²) >= 11 is 0. The fraction of sp³-hybridized carbons (Fsp3) is 0.200. The second-order valence-electron chi connectivity index (χ2n) is 7.85. The Morgan fingerprint density at radius 3 is 2.55 bits per heavy atom. The molecular weight excluding hydrogens is 420 g/mol. The average Bonchev–Trinajstić information content (AvgIpc) is 3.50. The lowest BCUT2D eigenvalue weighted by Gasteiger charge is -2.17. The number of benzene rings is 2. The van der Waals surface area contributed by atoms with E-state index in [2.05, 4.69) is 16.0 Å². The van der Waals surface area contributed by atoms with Gasteiger partial charge in [0.15, 0.2) is 0 Å². The minimum absolute atomic E-state index is 0.00461. The summed E-state index contributed by atoms with van der Waals surface area (Å²) in [5.74, 6) is -0.0432. The quantitative estimate of drug-likeness (QED) is 0.469. The third-order valence-corrected chi connectivity index (χ3v) is 5.83. The van der Waals surface area contributed by atoms with Crippen LogP contribution in [0.15, 0.2) is 79.5 Å². The van der Waals surface area contributed by atoms with E-state index in [1.54, 1.807) is 17.4 Å². The number of fused-ring (bicyclic) bond motifs is 1. The van der Waals surface area contributed by atoms with E-state index in [9.17, 15) is 9.90 Å². The molecule has 2 aromatic carbocycles. The highest BCUT2D eigenvalue weighted by atomic mass is 16.3. The first-order valence-corrected chi connectivity index (χ1v) is 10.6. The van der Waals surface area contributed by atoms with Gasteiger partial charge in [-0.05, 0) is 48.4 Å². The van der Waals surface area contributed by atoms with Gasteiger partial charge in [-0.3, -0.25) is 14.6 Å². The van der Waals surface area contributed by atoms with E-state index >= 15 is 0 Å². The van der Waals surface area contributed by atoms with Gasteiger partial charge in [0.2, 0.25) is 0 Å². The molecule has 33 heavy (non-hydrogen) atoms. The summed E-state index contributed by atoms with van der Waals surface area (Å²) in [6, 6.07) is 17.5. The fourth-order valence-electron chi connectivity index (χ4n) is 4.21. The monoisotopic (exact) mass is 444 g/mol. The molecule has 8 nitrogen and oxygen atoms in total. The largest absolute Gasteiger partial charge is 0.483 e. The van der Waals surface area contributed by atoms with Gasteiger partial charge in [0.25, 0.3) is 12.4 Å². The number of nitrogens with zero attached hydrogens (tertiary/aromatic N) is 4. The van der Waals surface area contributed by atoms with Crippen molar-refractivity contribution >= 4 is 23.3 Å². The first-order chi connectivity index (χ1) is 16.1. The minimum Gasteiger partial charge on any atom is -0.483 e. The minimum atomic E-state index is -0.536. The van der Waals surface area contributed by atoms with Crippen molar-refractivity contribution in [1.82, 2.24) is 19.4 Å². The molecule has 168 valence electrons. The molecule has 1 aliphatic heterocycles. The van der Waals surface area contributed by atoms with Gasteiger partial charge in [-0.15, -0.1) is 0 Å². The van der Waals surface area contributed by atoms with E-state index < -0.39 is 6.10 Å². The van der Waals surface area contributed by atoms with E-state index in [0.717, 1.165) is 22.2 Å². The maximum absolute atomic E-state index is 13.0. The van der Waals surface area contributed by atoms with Crippen molar-refractivity contribution in [2.75, 3.05) is 13.1 Å². The van der Waals surface area contributed by atoms with Crippen molar-refractivity contribution in [2.45, 2.75) is 12.5 Å². The van der Waals surface area contributed by atoms with Crippen LogP contribution in [0.4, 0.5) is 0 Å². The molecule has 2 aromatic heterocycles. The number of aromatic nitrogens is 3. The van der Waals surface area contributed by atoms with Crippen LogP contribution in [0, 0.1) is 5.92 Å². The third-order valence-electron chi connectivity index (χ3n) is 5.83. The third kappa shape index (κ3) is 4.91. The van der Waals surface area contributed by atoms with Gasteiger partial charge in [-0.1, -0.05) is 18.2 Å². The Morgan fingerprint density at radius 1 is 1.06 bits per heavy atom. The molecule has 4 aromatic rings. The van der Waals surface area contributed by atoms with Crippen LogP contribution >= 0.6 is 0 Å². The van der Waals surface area contributed by atoms with Gasteiger partial charge in [0.1, 0.15) is 0 Å².